The van der Waals surface area contributed by atoms with E-state index in [0.29, 0.717) is 16.3 Å². The van der Waals surface area contributed by atoms with Crippen LogP contribution in [0.25, 0.3) is 0 Å². The largest absolute Gasteiger partial charge is 0.495 e. The van der Waals surface area contributed by atoms with Gasteiger partial charge in [0, 0.05) is 18.1 Å². The van der Waals surface area contributed by atoms with E-state index in [1.54, 1.807) is 6.92 Å². The number of ketones is 1. The van der Waals surface area contributed by atoms with Crippen molar-refractivity contribution in [3.8, 4) is 5.75 Å². The molecule has 0 heterocycles. The molecule has 88 valence electrons. The molecular weight excluding hydrogens is 251 g/mol. The summed E-state index contributed by atoms with van der Waals surface area (Å²) in [4.78, 5) is 11.3. The van der Waals surface area contributed by atoms with Gasteiger partial charge < -0.3 is 9.84 Å². The summed E-state index contributed by atoms with van der Waals surface area (Å²) in [6.07, 6.45) is -0.998. The Labute approximate surface area is 104 Å². The number of methoxy groups -OCH3 is 1. The lowest BCUT2D eigenvalue weighted by atomic mass is 10.0. The SMILES string of the molecule is CCC(=O)C(O)c1cc(Cl)c(OC)cc1Cl. The molecule has 1 atom stereocenters. The second-order valence-corrected chi connectivity index (χ2v) is 4.05. The topological polar surface area (TPSA) is 46.5 Å². The number of halogens is 2. The number of ether oxygens (including phenoxy) is 1. The van der Waals surface area contributed by atoms with Crippen molar-refractivity contribution in [2.75, 3.05) is 7.11 Å². The molecule has 3 nitrogen and oxygen atoms in total. The van der Waals surface area contributed by atoms with E-state index >= 15 is 0 Å². The fourth-order valence-corrected chi connectivity index (χ4v) is 1.78. The summed E-state index contributed by atoms with van der Waals surface area (Å²) >= 11 is 11.8. The van der Waals surface area contributed by atoms with Crippen LogP contribution in [0.3, 0.4) is 0 Å². The molecule has 16 heavy (non-hydrogen) atoms. The van der Waals surface area contributed by atoms with Gasteiger partial charge in [-0.1, -0.05) is 30.1 Å². The number of benzene rings is 1. The minimum Gasteiger partial charge on any atom is -0.495 e. The molecule has 0 spiro atoms. The standard InChI is InChI=1S/C11H12Cl2O3/c1-3-9(14)11(15)6-4-8(13)10(16-2)5-7(6)12/h4-5,11,15H,3H2,1-2H3. The van der Waals surface area contributed by atoms with E-state index in [1.165, 1.54) is 19.2 Å². The Kier molecular flexibility index (Phi) is 4.59. The molecule has 1 unspecified atom stereocenters. The molecule has 0 saturated heterocycles. The number of hydrogen-bond acceptors (Lipinski definition) is 3. The van der Waals surface area contributed by atoms with Crippen molar-refractivity contribution in [2.45, 2.75) is 19.4 Å². The fraction of sp³-hybridized carbons (Fsp3) is 0.364. The van der Waals surface area contributed by atoms with Crippen molar-refractivity contribution in [1.29, 1.82) is 0 Å². The van der Waals surface area contributed by atoms with Crippen LogP contribution < -0.4 is 4.74 Å². The van der Waals surface area contributed by atoms with Crippen LogP contribution in [0.15, 0.2) is 12.1 Å². The Morgan fingerprint density at radius 2 is 2.06 bits per heavy atom. The number of Topliss-reactive ketones (excluding diaryl/α,β-unsaturated/α-hetero) is 1. The summed E-state index contributed by atoms with van der Waals surface area (Å²) in [7, 11) is 1.46. The smallest absolute Gasteiger partial charge is 0.165 e. The summed E-state index contributed by atoms with van der Waals surface area (Å²) in [6.45, 7) is 1.67. The molecule has 0 amide bonds. The second kappa shape index (κ2) is 5.53. The van der Waals surface area contributed by atoms with Gasteiger partial charge in [-0.15, -0.1) is 0 Å². The average molecular weight is 263 g/mol. The third-order valence-corrected chi connectivity index (χ3v) is 2.84. The predicted octanol–water partition coefficient (Wildman–Crippen LogP) is 3.01. The highest BCUT2D eigenvalue weighted by Crippen LogP contribution is 2.34. The minimum atomic E-state index is -1.24. The van der Waals surface area contributed by atoms with E-state index in [1.807, 2.05) is 0 Å². The lowest BCUT2D eigenvalue weighted by molar-refractivity contribution is -0.127. The Balaban J connectivity index is 3.15. The number of aliphatic hydroxyl groups excluding tert-OH is 1. The van der Waals surface area contributed by atoms with E-state index in [2.05, 4.69) is 0 Å². The number of carbonyl (C=O) groups is 1. The van der Waals surface area contributed by atoms with Crippen molar-refractivity contribution in [2.24, 2.45) is 0 Å². The van der Waals surface area contributed by atoms with E-state index in [-0.39, 0.29) is 17.2 Å². The van der Waals surface area contributed by atoms with E-state index in [0.717, 1.165) is 0 Å². The molecule has 1 aromatic carbocycles. The maximum atomic E-state index is 11.3. The lowest BCUT2D eigenvalue weighted by Gasteiger charge is -2.13. The molecule has 0 aliphatic carbocycles. The van der Waals surface area contributed by atoms with Crippen molar-refractivity contribution in [3.63, 3.8) is 0 Å². The number of carbonyl (C=O) groups excluding carboxylic acids is 1. The van der Waals surface area contributed by atoms with Crippen molar-refractivity contribution < 1.29 is 14.6 Å². The van der Waals surface area contributed by atoms with Crippen LogP contribution in [-0.2, 0) is 4.79 Å². The van der Waals surface area contributed by atoms with Crippen LogP contribution in [-0.4, -0.2) is 18.0 Å². The second-order valence-electron chi connectivity index (χ2n) is 3.23. The Bertz CT molecular complexity index is 404. The third kappa shape index (κ3) is 2.67. The molecule has 0 aliphatic rings. The molecular formula is C11H12Cl2O3. The van der Waals surface area contributed by atoms with Crippen LogP contribution in [0.5, 0.6) is 5.75 Å². The highest BCUT2D eigenvalue weighted by molar-refractivity contribution is 6.35. The van der Waals surface area contributed by atoms with Crippen LogP contribution >= 0.6 is 23.2 Å². The summed E-state index contributed by atoms with van der Waals surface area (Å²) < 4.78 is 4.96. The Hall–Kier alpha value is -0.770. The summed E-state index contributed by atoms with van der Waals surface area (Å²) in [5.41, 5.74) is 0.305. The van der Waals surface area contributed by atoms with E-state index in [4.69, 9.17) is 27.9 Å². The van der Waals surface area contributed by atoms with Gasteiger partial charge in [0.15, 0.2) is 5.78 Å². The van der Waals surface area contributed by atoms with Gasteiger partial charge in [0.05, 0.1) is 17.2 Å². The molecule has 0 fully saturated rings. The summed E-state index contributed by atoms with van der Waals surface area (Å²) in [5.74, 6) is 0.106. The van der Waals surface area contributed by atoms with Crippen molar-refractivity contribution in [1.82, 2.24) is 0 Å². The van der Waals surface area contributed by atoms with Gasteiger partial charge in [0.25, 0.3) is 0 Å². The van der Waals surface area contributed by atoms with Gasteiger partial charge in [0.1, 0.15) is 11.9 Å². The van der Waals surface area contributed by atoms with Crippen molar-refractivity contribution in [3.05, 3.63) is 27.7 Å². The average Bonchev–Trinajstić information content (AvgIpc) is 2.29. The van der Waals surface area contributed by atoms with Gasteiger partial charge in [-0.25, -0.2) is 0 Å². The lowest BCUT2D eigenvalue weighted by Crippen LogP contribution is -2.11. The van der Waals surface area contributed by atoms with Crippen molar-refractivity contribution >= 4 is 29.0 Å². The maximum Gasteiger partial charge on any atom is 0.165 e. The zero-order valence-corrected chi connectivity index (χ0v) is 10.5. The third-order valence-electron chi connectivity index (χ3n) is 2.22. The first kappa shape index (κ1) is 13.3. The van der Waals surface area contributed by atoms with Gasteiger partial charge in [-0.05, 0) is 6.07 Å². The molecule has 1 N–H and O–H groups in total. The first-order valence-electron chi connectivity index (χ1n) is 4.75. The highest BCUT2D eigenvalue weighted by Gasteiger charge is 2.20. The van der Waals surface area contributed by atoms with Crippen LogP contribution in [0.4, 0.5) is 0 Å². The number of aliphatic hydroxyl groups is 1. The molecule has 0 saturated carbocycles. The molecule has 5 heteroatoms. The number of rotatable bonds is 4. The quantitative estimate of drug-likeness (QED) is 0.908. The van der Waals surface area contributed by atoms with Crippen LogP contribution in [0.1, 0.15) is 25.0 Å². The van der Waals surface area contributed by atoms with E-state index < -0.39 is 6.10 Å². The maximum absolute atomic E-state index is 11.3. The zero-order chi connectivity index (χ0) is 12.3. The summed E-state index contributed by atoms with van der Waals surface area (Å²) in [6, 6.07) is 2.92. The Morgan fingerprint density at radius 1 is 1.44 bits per heavy atom. The van der Waals surface area contributed by atoms with Gasteiger partial charge >= 0.3 is 0 Å². The summed E-state index contributed by atoms with van der Waals surface area (Å²) in [5, 5.41) is 10.3. The highest BCUT2D eigenvalue weighted by atomic mass is 35.5. The monoisotopic (exact) mass is 262 g/mol. The normalized spacial score (nSPS) is 12.3. The molecule has 0 aliphatic heterocycles. The fourth-order valence-electron chi connectivity index (χ4n) is 1.28. The Morgan fingerprint density at radius 3 is 2.56 bits per heavy atom. The van der Waals surface area contributed by atoms with Gasteiger partial charge in [-0.2, -0.15) is 0 Å². The van der Waals surface area contributed by atoms with Crippen LogP contribution in [0, 0.1) is 0 Å². The molecule has 0 radical (unpaired) electrons. The molecule has 0 bridgehead atoms. The first-order valence-corrected chi connectivity index (χ1v) is 5.50. The van der Waals surface area contributed by atoms with Crippen LogP contribution in [0.2, 0.25) is 10.0 Å². The zero-order valence-electron chi connectivity index (χ0n) is 8.96. The molecule has 0 aromatic heterocycles. The van der Waals surface area contributed by atoms with Gasteiger partial charge in [0.2, 0.25) is 0 Å². The first-order chi connectivity index (χ1) is 7.51. The molecule has 1 rings (SSSR count). The van der Waals surface area contributed by atoms with E-state index in [9.17, 15) is 9.90 Å². The van der Waals surface area contributed by atoms with Gasteiger partial charge in [-0.3, -0.25) is 4.79 Å². The predicted molar refractivity (Wildman–Crippen MR) is 63.3 cm³/mol. The minimum absolute atomic E-state index is 0.237. The number of hydrogen-bond donors (Lipinski definition) is 1. The molecule has 1 aromatic rings.